The van der Waals surface area contributed by atoms with Crippen molar-refractivity contribution in [3.05, 3.63) is 24.5 Å². The van der Waals surface area contributed by atoms with E-state index < -0.39 is 11.5 Å². The van der Waals surface area contributed by atoms with Crippen molar-refractivity contribution in [1.82, 2.24) is 0 Å². The fraction of sp³-hybridized carbons (Fsp3) is 0.625. The lowest BCUT2D eigenvalue weighted by atomic mass is 9.91. The van der Waals surface area contributed by atoms with E-state index in [9.17, 15) is 9.59 Å². The van der Waals surface area contributed by atoms with Gasteiger partial charge in [-0.15, -0.1) is 0 Å². The van der Waals surface area contributed by atoms with Gasteiger partial charge < -0.3 is 9.47 Å². The van der Waals surface area contributed by atoms with Gasteiger partial charge in [0, 0.05) is 0 Å². The van der Waals surface area contributed by atoms with Crippen LogP contribution in [-0.2, 0) is 28.8 Å². The molecule has 1 atom stereocenters. The van der Waals surface area contributed by atoms with Crippen molar-refractivity contribution in [2.45, 2.75) is 40.2 Å². The normalized spacial score (nSPS) is 18.2. The van der Waals surface area contributed by atoms with Crippen LogP contribution in [0.3, 0.4) is 0 Å². The first-order valence-corrected chi connectivity index (χ1v) is 7.09. The molecule has 0 saturated carbocycles. The summed E-state index contributed by atoms with van der Waals surface area (Å²) in [6, 6.07) is 0. The summed E-state index contributed by atoms with van der Waals surface area (Å²) in [5.41, 5.74) is 0.0979. The minimum Gasteiger partial charge on any atom is -0.493 e. The zero-order valence-corrected chi connectivity index (χ0v) is 13.8. The van der Waals surface area contributed by atoms with Gasteiger partial charge in [-0.25, -0.2) is 9.78 Å². The molecule has 1 aliphatic rings. The molecule has 6 heteroatoms. The Hall–Kier alpha value is -1.66. The molecule has 0 amide bonds. The lowest BCUT2D eigenvalue weighted by Crippen LogP contribution is -2.31. The fourth-order valence-electron chi connectivity index (χ4n) is 1.06. The Balaban J connectivity index is 0.000000763. The predicted molar refractivity (Wildman–Crippen MR) is 81.8 cm³/mol. The van der Waals surface area contributed by atoms with E-state index in [1.165, 1.54) is 0 Å². The number of carbonyl (C=O) groups is 2. The molecule has 0 aliphatic carbocycles. The second-order valence-electron chi connectivity index (χ2n) is 5.63. The first kappa shape index (κ1) is 20.3. The SMILES string of the molecule is C=C(C)C=O.C=C1COOC(COC(=O)C(C)(C)CC)CO1. The van der Waals surface area contributed by atoms with E-state index in [1.807, 2.05) is 20.8 Å². The van der Waals surface area contributed by atoms with Gasteiger partial charge in [-0.05, 0) is 32.8 Å². The van der Waals surface area contributed by atoms with Crippen molar-refractivity contribution in [3.63, 3.8) is 0 Å². The molecule has 1 saturated heterocycles. The molecule has 6 nitrogen and oxygen atoms in total. The van der Waals surface area contributed by atoms with Crippen molar-refractivity contribution in [2.24, 2.45) is 5.41 Å². The van der Waals surface area contributed by atoms with E-state index in [0.717, 1.165) is 12.7 Å². The number of aldehydes is 1. The highest BCUT2D eigenvalue weighted by molar-refractivity contribution is 5.75. The predicted octanol–water partition coefficient (Wildman–Crippen LogP) is 2.59. The third kappa shape index (κ3) is 8.59. The molecule has 0 N–H and O–H groups in total. The number of rotatable bonds is 5. The van der Waals surface area contributed by atoms with Crippen molar-refractivity contribution < 1.29 is 28.8 Å². The number of carbonyl (C=O) groups excluding carboxylic acids is 2. The molecule has 1 unspecified atom stereocenters. The van der Waals surface area contributed by atoms with E-state index in [-0.39, 0.29) is 25.8 Å². The van der Waals surface area contributed by atoms with Gasteiger partial charge >= 0.3 is 5.97 Å². The molecule has 1 fully saturated rings. The Morgan fingerprint density at radius 1 is 1.50 bits per heavy atom. The Kier molecular flexibility index (Phi) is 9.37. The zero-order valence-electron chi connectivity index (χ0n) is 13.8. The molecule has 0 spiro atoms. The van der Waals surface area contributed by atoms with Crippen LogP contribution < -0.4 is 0 Å². The number of allylic oxidation sites excluding steroid dienone is 1. The summed E-state index contributed by atoms with van der Waals surface area (Å²) >= 11 is 0. The summed E-state index contributed by atoms with van der Waals surface area (Å²) in [5.74, 6) is 0.263. The largest absolute Gasteiger partial charge is 0.493 e. The maximum Gasteiger partial charge on any atom is 0.311 e. The lowest BCUT2D eigenvalue weighted by molar-refractivity contribution is -0.317. The topological polar surface area (TPSA) is 71.1 Å². The van der Waals surface area contributed by atoms with Gasteiger partial charge in [0.05, 0.1) is 5.41 Å². The Bertz CT molecular complexity index is 399. The minimum absolute atomic E-state index is 0.121. The Morgan fingerprint density at radius 2 is 2.09 bits per heavy atom. The van der Waals surface area contributed by atoms with Crippen LogP contribution in [0.4, 0.5) is 0 Å². The standard InChI is InChI=1S/C12H20O5.C4H6O/c1-5-12(3,4)11(13)15-8-10-7-14-9(2)6-16-17-10;1-4(2)3-5/h10H,2,5-8H2,1,3-4H3;3H,1H2,2H3. The maximum absolute atomic E-state index is 11.7. The molecular formula is C16H26O6. The average molecular weight is 314 g/mol. The van der Waals surface area contributed by atoms with Crippen molar-refractivity contribution in [1.29, 1.82) is 0 Å². The molecule has 1 rings (SSSR count). The molecule has 1 aliphatic heterocycles. The molecule has 0 aromatic heterocycles. The molecular weight excluding hydrogens is 288 g/mol. The quantitative estimate of drug-likeness (QED) is 0.336. The Labute approximate surface area is 132 Å². The lowest BCUT2D eigenvalue weighted by Gasteiger charge is -2.21. The van der Waals surface area contributed by atoms with Gasteiger partial charge in [0.25, 0.3) is 0 Å². The highest BCUT2D eigenvalue weighted by atomic mass is 17.2. The van der Waals surface area contributed by atoms with E-state index >= 15 is 0 Å². The molecule has 0 bridgehead atoms. The highest BCUT2D eigenvalue weighted by Gasteiger charge is 2.28. The van der Waals surface area contributed by atoms with Gasteiger partial charge in [0.2, 0.25) is 0 Å². The second kappa shape index (κ2) is 10.1. The number of ether oxygens (including phenoxy) is 2. The summed E-state index contributed by atoms with van der Waals surface area (Å²) < 4.78 is 10.4. The number of hydrogen-bond acceptors (Lipinski definition) is 6. The molecule has 0 radical (unpaired) electrons. The van der Waals surface area contributed by atoms with Crippen LogP contribution >= 0.6 is 0 Å². The molecule has 0 aromatic rings. The van der Waals surface area contributed by atoms with Crippen LogP contribution in [0.2, 0.25) is 0 Å². The Morgan fingerprint density at radius 3 is 2.59 bits per heavy atom. The minimum atomic E-state index is -0.476. The summed E-state index contributed by atoms with van der Waals surface area (Å²) in [6.45, 7) is 14.8. The first-order valence-electron chi connectivity index (χ1n) is 7.09. The van der Waals surface area contributed by atoms with E-state index in [2.05, 4.69) is 13.2 Å². The van der Waals surface area contributed by atoms with Crippen molar-refractivity contribution in [3.8, 4) is 0 Å². The number of esters is 1. The van der Waals surface area contributed by atoms with Crippen LogP contribution in [-0.4, -0.2) is 38.2 Å². The van der Waals surface area contributed by atoms with E-state index in [1.54, 1.807) is 6.92 Å². The van der Waals surface area contributed by atoms with Gasteiger partial charge in [-0.2, -0.15) is 0 Å². The summed E-state index contributed by atoms with van der Waals surface area (Å²) in [7, 11) is 0. The van der Waals surface area contributed by atoms with Crippen LogP contribution in [0.15, 0.2) is 24.5 Å². The van der Waals surface area contributed by atoms with Gasteiger partial charge in [0.1, 0.15) is 31.9 Å². The first-order chi connectivity index (χ1) is 10.2. The zero-order chi connectivity index (χ0) is 17.2. The smallest absolute Gasteiger partial charge is 0.311 e. The molecule has 0 aromatic carbocycles. The van der Waals surface area contributed by atoms with Crippen LogP contribution in [0.1, 0.15) is 34.1 Å². The van der Waals surface area contributed by atoms with Gasteiger partial charge in [-0.1, -0.05) is 20.1 Å². The average Bonchev–Trinajstić information content (AvgIpc) is 2.69. The molecule has 1 heterocycles. The van der Waals surface area contributed by atoms with Crippen molar-refractivity contribution in [2.75, 3.05) is 19.8 Å². The van der Waals surface area contributed by atoms with Crippen LogP contribution in [0.5, 0.6) is 0 Å². The third-order valence-corrected chi connectivity index (χ3v) is 2.94. The summed E-state index contributed by atoms with van der Waals surface area (Å²) in [5, 5.41) is 0. The van der Waals surface area contributed by atoms with Crippen molar-refractivity contribution >= 4 is 12.3 Å². The second-order valence-corrected chi connectivity index (χ2v) is 5.63. The van der Waals surface area contributed by atoms with E-state index in [0.29, 0.717) is 11.3 Å². The fourth-order valence-corrected chi connectivity index (χ4v) is 1.06. The monoisotopic (exact) mass is 314 g/mol. The third-order valence-electron chi connectivity index (χ3n) is 2.94. The summed E-state index contributed by atoms with van der Waals surface area (Å²) in [4.78, 5) is 31.0. The maximum atomic E-state index is 11.7. The molecule has 22 heavy (non-hydrogen) atoms. The number of hydrogen-bond donors (Lipinski definition) is 0. The van der Waals surface area contributed by atoms with Gasteiger partial charge in [-0.3, -0.25) is 9.59 Å². The van der Waals surface area contributed by atoms with Crippen LogP contribution in [0.25, 0.3) is 0 Å². The highest BCUT2D eigenvalue weighted by Crippen LogP contribution is 2.21. The van der Waals surface area contributed by atoms with Gasteiger partial charge in [0.15, 0.2) is 6.10 Å². The van der Waals surface area contributed by atoms with Crippen LogP contribution in [0, 0.1) is 5.41 Å². The van der Waals surface area contributed by atoms with E-state index in [4.69, 9.17) is 19.2 Å². The summed E-state index contributed by atoms with van der Waals surface area (Å²) in [6.07, 6.45) is 1.03. The molecule has 126 valence electrons.